The van der Waals surface area contributed by atoms with Gasteiger partial charge in [-0.05, 0) is 41.8 Å². The Morgan fingerprint density at radius 3 is 2.59 bits per heavy atom. The van der Waals surface area contributed by atoms with Crippen LogP contribution in [0.5, 0.6) is 11.5 Å². The van der Waals surface area contributed by atoms with E-state index >= 15 is 0 Å². The van der Waals surface area contributed by atoms with Crippen molar-refractivity contribution in [2.24, 2.45) is 5.73 Å². The minimum absolute atomic E-state index is 0.0766. The second-order valence-corrected chi connectivity index (χ2v) is 5.40. The maximum Gasteiger partial charge on any atom is 0.208 e. The zero-order valence-corrected chi connectivity index (χ0v) is 11.3. The van der Waals surface area contributed by atoms with E-state index in [4.69, 9.17) is 10.5 Å². The van der Waals surface area contributed by atoms with Crippen molar-refractivity contribution < 1.29 is 14.2 Å². The molecule has 2 rings (SSSR count). The van der Waals surface area contributed by atoms with Gasteiger partial charge in [-0.15, -0.1) is 0 Å². The second kappa shape index (κ2) is 4.14. The molecule has 1 aromatic carbocycles. The number of rotatable bonds is 3. The van der Waals surface area contributed by atoms with E-state index in [-0.39, 0.29) is 17.2 Å². The number of ether oxygens (including phenoxy) is 1. The van der Waals surface area contributed by atoms with Gasteiger partial charge >= 0.3 is 0 Å². The van der Waals surface area contributed by atoms with Crippen LogP contribution in [0.15, 0.2) is 10.5 Å². The number of hydrogen-bond donors (Lipinski definition) is 2. The fraction of sp³-hybridized carbons (Fsp3) is 0.500. The van der Waals surface area contributed by atoms with Crippen molar-refractivity contribution in [2.45, 2.75) is 31.2 Å². The molecule has 0 aliphatic heterocycles. The van der Waals surface area contributed by atoms with E-state index in [0.717, 1.165) is 18.4 Å². The normalized spacial score (nSPS) is 18.9. The molecule has 0 spiro atoms. The van der Waals surface area contributed by atoms with E-state index in [0.29, 0.717) is 4.47 Å². The molecule has 3 nitrogen and oxygen atoms in total. The lowest BCUT2D eigenvalue weighted by atomic mass is 9.88. The van der Waals surface area contributed by atoms with Gasteiger partial charge in [0.2, 0.25) is 5.82 Å². The molecule has 1 fully saturated rings. The number of nitrogens with two attached hydrogens (primary N) is 1. The summed E-state index contributed by atoms with van der Waals surface area (Å²) < 4.78 is 19.3. The molecule has 1 saturated carbocycles. The Bertz CT molecular complexity index is 458. The van der Waals surface area contributed by atoms with Crippen molar-refractivity contribution >= 4 is 15.9 Å². The first-order chi connectivity index (χ1) is 7.94. The van der Waals surface area contributed by atoms with E-state index in [1.54, 1.807) is 6.07 Å². The van der Waals surface area contributed by atoms with Crippen LogP contribution in [-0.2, 0) is 5.41 Å². The molecule has 0 bridgehead atoms. The highest BCUT2D eigenvalue weighted by Gasteiger charge is 2.50. The second-order valence-electron chi connectivity index (χ2n) is 4.55. The summed E-state index contributed by atoms with van der Waals surface area (Å²) in [5, 5.41) is 9.53. The number of halogens is 2. The first-order valence-electron chi connectivity index (χ1n) is 5.45. The van der Waals surface area contributed by atoms with E-state index in [1.807, 2.05) is 6.92 Å². The molecule has 3 N–H and O–H groups in total. The molecular weight excluding hydrogens is 289 g/mol. The van der Waals surface area contributed by atoms with Gasteiger partial charge in [-0.3, -0.25) is 0 Å². The average Bonchev–Trinajstić information content (AvgIpc) is 3.06. The quantitative estimate of drug-likeness (QED) is 0.902. The summed E-state index contributed by atoms with van der Waals surface area (Å²) in [5.74, 6) is -1.06. The van der Waals surface area contributed by atoms with Crippen LogP contribution >= 0.6 is 15.9 Å². The molecule has 0 aromatic heterocycles. The SMILES string of the molecule is COc1c(C2(C(C)N)CC2)cc(Br)c(O)c1F. The molecule has 0 amide bonds. The van der Waals surface area contributed by atoms with Gasteiger partial charge in [0.15, 0.2) is 11.5 Å². The van der Waals surface area contributed by atoms with E-state index < -0.39 is 11.6 Å². The molecule has 1 aliphatic carbocycles. The third kappa shape index (κ3) is 1.81. The summed E-state index contributed by atoms with van der Waals surface area (Å²) >= 11 is 3.14. The number of phenolic OH excluding ortho intramolecular Hbond substituents is 1. The fourth-order valence-corrected chi connectivity index (χ4v) is 2.67. The molecule has 17 heavy (non-hydrogen) atoms. The van der Waals surface area contributed by atoms with Crippen LogP contribution in [0, 0.1) is 5.82 Å². The van der Waals surface area contributed by atoms with Crippen molar-refractivity contribution in [3.8, 4) is 11.5 Å². The number of aromatic hydroxyl groups is 1. The summed E-state index contributed by atoms with van der Waals surface area (Å²) in [7, 11) is 1.40. The third-order valence-electron chi connectivity index (χ3n) is 3.55. The number of hydrogen-bond acceptors (Lipinski definition) is 3. The van der Waals surface area contributed by atoms with E-state index in [9.17, 15) is 9.50 Å². The Labute approximate surface area is 108 Å². The van der Waals surface area contributed by atoms with E-state index in [2.05, 4.69) is 15.9 Å². The fourth-order valence-electron chi connectivity index (χ4n) is 2.27. The van der Waals surface area contributed by atoms with Crippen LogP contribution in [-0.4, -0.2) is 18.3 Å². The highest BCUT2D eigenvalue weighted by Crippen LogP contribution is 2.55. The molecule has 1 aliphatic rings. The van der Waals surface area contributed by atoms with E-state index in [1.165, 1.54) is 7.11 Å². The lowest BCUT2D eigenvalue weighted by Crippen LogP contribution is -2.32. The van der Waals surface area contributed by atoms with Gasteiger partial charge in [-0.1, -0.05) is 0 Å². The minimum Gasteiger partial charge on any atom is -0.504 e. The Morgan fingerprint density at radius 2 is 2.18 bits per heavy atom. The number of benzene rings is 1. The van der Waals surface area contributed by atoms with Crippen molar-refractivity contribution in [3.63, 3.8) is 0 Å². The maximum absolute atomic E-state index is 13.9. The molecule has 0 radical (unpaired) electrons. The Morgan fingerprint density at radius 1 is 1.59 bits per heavy atom. The molecule has 1 atom stereocenters. The standard InChI is InChI=1S/C12H15BrFNO2/c1-6(15)12(3-4-12)7-5-8(13)10(16)9(14)11(7)17-2/h5-6,16H,3-4,15H2,1-2H3. The topological polar surface area (TPSA) is 55.5 Å². The molecule has 1 unspecified atom stereocenters. The summed E-state index contributed by atoms with van der Waals surface area (Å²) in [6, 6.07) is 1.63. The molecule has 94 valence electrons. The Kier molecular flexibility index (Phi) is 3.08. The van der Waals surface area contributed by atoms with Crippen LogP contribution in [0.1, 0.15) is 25.3 Å². The monoisotopic (exact) mass is 303 g/mol. The van der Waals surface area contributed by atoms with Gasteiger partial charge < -0.3 is 15.6 Å². The van der Waals surface area contributed by atoms with Crippen LogP contribution in [0.4, 0.5) is 4.39 Å². The van der Waals surface area contributed by atoms with Crippen molar-refractivity contribution in [1.82, 2.24) is 0 Å². The lowest BCUT2D eigenvalue weighted by Gasteiger charge is -2.23. The van der Waals surface area contributed by atoms with Crippen LogP contribution in [0.2, 0.25) is 0 Å². The van der Waals surface area contributed by atoms with Gasteiger partial charge in [0.25, 0.3) is 0 Å². The van der Waals surface area contributed by atoms with Gasteiger partial charge in [0, 0.05) is 17.0 Å². The molecule has 0 heterocycles. The van der Waals surface area contributed by atoms with Crippen LogP contribution in [0.3, 0.4) is 0 Å². The predicted octanol–water partition coefficient (Wildman–Crippen LogP) is 2.68. The summed E-state index contributed by atoms with van der Waals surface area (Å²) in [6.45, 7) is 1.91. The molecule has 1 aromatic rings. The lowest BCUT2D eigenvalue weighted by molar-refractivity contribution is 0.351. The van der Waals surface area contributed by atoms with Crippen molar-refractivity contribution in [3.05, 3.63) is 21.9 Å². The molecule has 5 heteroatoms. The zero-order chi connectivity index (χ0) is 12.8. The minimum atomic E-state index is -0.733. The van der Waals surface area contributed by atoms with Gasteiger partial charge in [0.1, 0.15) is 0 Å². The highest BCUT2D eigenvalue weighted by atomic mass is 79.9. The first kappa shape index (κ1) is 12.6. The summed E-state index contributed by atoms with van der Waals surface area (Å²) in [5.41, 5.74) is 6.48. The Hall–Kier alpha value is -0.810. The predicted molar refractivity (Wildman–Crippen MR) is 66.9 cm³/mol. The van der Waals surface area contributed by atoms with Gasteiger partial charge in [0.05, 0.1) is 11.6 Å². The molecule has 0 saturated heterocycles. The largest absolute Gasteiger partial charge is 0.504 e. The van der Waals surface area contributed by atoms with Crippen LogP contribution < -0.4 is 10.5 Å². The highest BCUT2D eigenvalue weighted by molar-refractivity contribution is 9.10. The number of phenols is 1. The van der Waals surface area contributed by atoms with Crippen molar-refractivity contribution in [2.75, 3.05) is 7.11 Å². The maximum atomic E-state index is 13.9. The summed E-state index contributed by atoms with van der Waals surface area (Å²) in [6.07, 6.45) is 1.83. The number of methoxy groups -OCH3 is 1. The smallest absolute Gasteiger partial charge is 0.208 e. The van der Waals surface area contributed by atoms with Crippen LogP contribution in [0.25, 0.3) is 0 Å². The Balaban J connectivity index is 2.62. The zero-order valence-electron chi connectivity index (χ0n) is 9.76. The molecular formula is C12H15BrFNO2. The van der Waals surface area contributed by atoms with Gasteiger partial charge in [-0.2, -0.15) is 4.39 Å². The van der Waals surface area contributed by atoms with Gasteiger partial charge in [-0.25, -0.2) is 0 Å². The first-order valence-corrected chi connectivity index (χ1v) is 6.24. The third-order valence-corrected chi connectivity index (χ3v) is 4.15. The van der Waals surface area contributed by atoms with Crippen molar-refractivity contribution in [1.29, 1.82) is 0 Å². The summed E-state index contributed by atoms with van der Waals surface area (Å²) in [4.78, 5) is 0. The average molecular weight is 304 g/mol.